The fourth-order valence-corrected chi connectivity index (χ4v) is 6.99. The van der Waals surface area contributed by atoms with Crippen molar-refractivity contribution < 1.29 is 19.5 Å². The van der Waals surface area contributed by atoms with E-state index in [0.717, 1.165) is 52.9 Å². The zero-order valence-electron chi connectivity index (χ0n) is 27.9. The molecule has 2 amide bonds. The van der Waals surface area contributed by atoms with Crippen LogP contribution in [0.2, 0.25) is 0 Å². The van der Waals surface area contributed by atoms with E-state index in [1.54, 1.807) is 11.3 Å². The van der Waals surface area contributed by atoms with Crippen molar-refractivity contribution in [2.75, 3.05) is 5.32 Å². The molecule has 0 aliphatic rings. The van der Waals surface area contributed by atoms with Gasteiger partial charge in [0.1, 0.15) is 6.04 Å². The van der Waals surface area contributed by atoms with Gasteiger partial charge < -0.3 is 15.7 Å². The zero-order valence-corrected chi connectivity index (χ0v) is 28.7. The number of aryl methyl sites for hydroxylation is 3. The molecule has 4 aromatic rings. The van der Waals surface area contributed by atoms with Gasteiger partial charge in [0.2, 0.25) is 11.8 Å². The lowest BCUT2D eigenvalue weighted by Gasteiger charge is -2.25. The molecule has 3 aromatic carbocycles. The smallest absolute Gasteiger partial charge is 0.306 e. The molecule has 0 saturated carbocycles. The van der Waals surface area contributed by atoms with Gasteiger partial charge in [-0.05, 0) is 92.7 Å². The van der Waals surface area contributed by atoms with Crippen molar-refractivity contribution in [3.05, 3.63) is 95.0 Å². The molecule has 0 radical (unpaired) electrons. The van der Waals surface area contributed by atoms with Gasteiger partial charge in [0.05, 0.1) is 21.1 Å². The maximum atomic E-state index is 13.9. The molecule has 1 aromatic heterocycles. The second-order valence-corrected chi connectivity index (χ2v) is 14.1. The summed E-state index contributed by atoms with van der Waals surface area (Å²) in [5.74, 6) is -2.45. The summed E-state index contributed by atoms with van der Waals surface area (Å²) in [5, 5.41) is 17.2. The molecule has 0 aliphatic carbocycles. The third-order valence-electron chi connectivity index (χ3n) is 8.55. The first kappa shape index (κ1) is 35.8. The fourth-order valence-electron chi connectivity index (χ4n) is 5.98. The highest BCUT2D eigenvalue weighted by molar-refractivity contribution is 7.18. The molecule has 0 spiro atoms. The number of anilines is 1. The summed E-state index contributed by atoms with van der Waals surface area (Å²) in [6.07, 6.45) is 6.81. The number of amides is 2. The maximum Gasteiger partial charge on any atom is 0.306 e. The predicted molar refractivity (Wildman–Crippen MR) is 192 cm³/mol. The Kier molecular flexibility index (Phi) is 14.0. The van der Waals surface area contributed by atoms with E-state index in [9.17, 15) is 19.5 Å². The second-order valence-electron chi connectivity index (χ2n) is 12.9. The van der Waals surface area contributed by atoms with Crippen LogP contribution in [0.15, 0.2) is 78.9 Å². The molecule has 0 fully saturated rings. The van der Waals surface area contributed by atoms with E-state index >= 15 is 0 Å². The second kappa shape index (κ2) is 18.3. The van der Waals surface area contributed by atoms with E-state index in [2.05, 4.69) is 47.9 Å². The predicted octanol–water partition coefficient (Wildman–Crippen LogP) is 8.47. The van der Waals surface area contributed by atoms with Gasteiger partial charge in [-0.25, -0.2) is 4.98 Å². The van der Waals surface area contributed by atoms with Crippen molar-refractivity contribution in [2.45, 2.75) is 91.0 Å². The standard InChI is InChI=1S/C39H49N3O4S/c1-4-12-28-19-21-29(22-20-28)23-24-30(37(43)42-34(25-27(2)3)38(44)40-32-14-6-5-7-15-32)26-31(39(45)46)13-8-11-18-36-41-33-16-9-10-17-35(33)47-36/h5-7,9-10,14-17,19-22,27,30-31,34H,4,8,11-13,18,23-26H2,1-3H3,(H,40,44)(H,42,43)(H,45,46)/t30-,31?,34?/m1/s1. The molecular formula is C39H49N3O4S. The van der Waals surface area contributed by atoms with Gasteiger partial charge in [-0.1, -0.05) is 88.2 Å². The van der Waals surface area contributed by atoms with Crippen LogP contribution in [0, 0.1) is 17.8 Å². The largest absolute Gasteiger partial charge is 0.481 e. The van der Waals surface area contributed by atoms with Crippen LogP contribution in [0.25, 0.3) is 10.2 Å². The average molecular weight is 656 g/mol. The van der Waals surface area contributed by atoms with Crippen LogP contribution in [0.3, 0.4) is 0 Å². The van der Waals surface area contributed by atoms with E-state index in [1.165, 1.54) is 5.56 Å². The number of aromatic nitrogens is 1. The van der Waals surface area contributed by atoms with Crippen molar-refractivity contribution in [3.8, 4) is 0 Å². The number of carboxylic acid groups (broad SMARTS) is 1. The van der Waals surface area contributed by atoms with Crippen LogP contribution < -0.4 is 10.6 Å². The number of aliphatic carboxylic acids is 1. The molecule has 1 heterocycles. The maximum absolute atomic E-state index is 13.9. The van der Waals surface area contributed by atoms with Crippen LogP contribution in [-0.2, 0) is 33.6 Å². The minimum absolute atomic E-state index is 0.170. The lowest BCUT2D eigenvalue weighted by atomic mass is 9.86. The van der Waals surface area contributed by atoms with Crippen LogP contribution >= 0.6 is 11.3 Å². The van der Waals surface area contributed by atoms with E-state index in [-0.39, 0.29) is 24.2 Å². The van der Waals surface area contributed by atoms with Gasteiger partial charge in [-0.15, -0.1) is 11.3 Å². The highest BCUT2D eigenvalue weighted by Gasteiger charge is 2.30. The van der Waals surface area contributed by atoms with Gasteiger partial charge >= 0.3 is 5.97 Å². The van der Waals surface area contributed by atoms with E-state index in [4.69, 9.17) is 4.98 Å². The number of hydrogen-bond acceptors (Lipinski definition) is 5. The summed E-state index contributed by atoms with van der Waals surface area (Å²) in [7, 11) is 0. The number of fused-ring (bicyclic) bond motifs is 1. The summed E-state index contributed by atoms with van der Waals surface area (Å²) in [5.41, 5.74) is 4.06. The molecule has 47 heavy (non-hydrogen) atoms. The Balaban J connectivity index is 1.43. The number of unbranched alkanes of at least 4 members (excludes halogenated alkanes) is 1. The highest BCUT2D eigenvalue weighted by Crippen LogP contribution is 2.27. The third-order valence-corrected chi connectivity index (χ3v) is 9.64. The SMILES string of the molecule is CCCc1ccc(CC[C@H](CC(CCCCc2nc3ccccc3s2)C(=O)O)C(=O)NC(CC(C)C)C(=O)Nc2ccccc2)cc1. The Hall–Kier alpha value is -4.04. The molecule has 4 rings (SSSR count). The van der Waals surface area contributed by atoms with Crippen molar-refractivity contribution >= 4 is 45.0 Å². The van der Waals surface area contributed by atoms with Gasteiger partial charge in [0.15, 0.2) is 0 Å². The minimum atomic E-state index is -0.882. The zero-order chi connectivity index (χ0) is 33.6. The van der Waals surface area contributed by atoms with Crippen molar-refractivity contribution in [3.63, 3.8) is 0 Å². The molecule has 2 unspecified atom stereocenters. The van der Waals surface area contributed by atoms with Crippen LogP contribution in [0.5, 0.6) is 0 Å². The monoisotopic (exact) mass is 655 g/mol. The van der Waals surface area contributed by atoms with Gasteiger partial charge in [-0.3, -0.25) is 14.4 Å². The molecule has 7 nitrogen and oxygen atoms in total. The number of benzene rings is 3. The van der Waals surface area contributed by atoms with E-state index in [1.807, 2.05) is 62.4 Å². The Labute approximate surface area is 283 Å². The lowest BCUT2D eigenvalue weighted by Crippen LogP contribution is -2.47. The highest BCUT2D eigenvalue weighted by atomic mass is 32.1. The number of nitrogens with zero attached hydrogens (tertiary/aromatic N) is 1. The molecule has 0 saturated heterocycles. The molecule has 0 bridgehead atoms. The normalized spacial score (nSPS) is 13.3. The van der Waals surface area contributed by atoms with Gasteiger partial charge in [-0.2, -0.15) is 0 Å². The molecule has 3 atom stereocenters. The number of nitrogens with one attached hydrogen (secondary N) is 2. The third kappa shape index (κ3) is 11.6. The number of carbonyl (C=O) groups is 3. The van der Waals surface area contributed by atoms with Gasteiger partial charge in [0.25, 0.3) is 0 Å². The lowest BCUT2D eigenvalue weighted by molar-refractivity contribution is -0.143. The Bertz CT molecular complexity index is 1540. The number of para-hydroxylation sites is 2. The van der Waals surface area contributed by atoms with Gasteiger partial charge in [0, 0.05) is 11.6 Å². The first-order valence-corrected chi connectivity index (χ1v) is 17.8. The Morgan fingerprint density at radius 2 is 1.45 bits per heavy atom. The first-order valence-electron chi connectivity index (χ1n) is 17.0. The van der Waals surface area contributed by atoms with E-state index < -0.39 is 23.8 Å². The summed E-state index contributed by atoms with van der Waals surface area (Å²) in [6, 6.07) is 25.0. The average Bonchev–Trinajstić information content (AvgIpc) is 3.47. The molecule has 0 aliphatic heterocycles. The van der Waals surface area contributed by atoms with Crippen molar-refractivity contribution in [2.24, 2.45) is 17.8 Å². The molecule has 8 heteroatoms. The number of rotatable bonds is 19. The minimum Gasteiger partial charge on any atom is -0.481 e. The van der Waals surface area contributed by atoms with Crippen molar-refractivity contribution in [1.29, 1.82) is 0 Å². The Morgan fingerprint density at radius 1 is 0.766 bits per heavy atom. The van der Waals surface area contributed by atoms with Crippen LogP contribution in [0.1, 0.15) is 81.9 Å². The molecule has 250 valence electrons. The number of hydrogen-bond donors (Lipinski definition) is 3. The van der Waals surface area contributed by atoms with Crippen LogP contribution in [0.4, 0.5) is 5.69 Å². The topological polar surface area (TPSA) is 108 Å². The van der Waals surface area contributed by atoms with Crippen molar-refractivity contribution in [1.82, 2.24) is 10.3 Å². The first-order chi connectivity index (χ1) is 22.7. The summed E-state index contributed by atoms with van der Waals surface area (Å²) >= 11 is 1.68. The summed E-state index contributed by atoms with van der Waals surface area (Å²) in [6.45, 7) is 6.19. The number of carboxylic acids is 1. The quantitative estimate of drug-likeness (QED) is 0.0879. The Morgan fingerprint density at radius 3 is 2.11 bits per heavy atom. The summed E-state index contributed by atoms with van der Waals surface area (Å²) < 4.78 is 1.16. The fraction of sp³-hybridized carbons (Fsp3) is 0.436. The van der Waals surface area contributed by atoms with Crippen LogP contribution in [-0.4, -0.2) is 33.9 Å². The van der Waals surface area contributed by atoms with E-state index in [0.29, 0.717) is 31.4 Å². The summed E-state index contributed by atoms with van der Waals surface area (Å²) in [4.78, 5) is 44.4. The number of thiazole rings is 1. The molecule has 3 N–H and O–H groups in total. The molecular weight excluding hydrogens is 607 g/mol. The number of carbonyl (C=O) groups excluding carboxylic acids is 2.